The normalized spacial score (nSPS) is 10.5. The van der Waals surface area contributed by atoms with Crippen molar-refractivity contribution in [3.8, 4) is 23.0 Å². The molecule has 1 N–H and O–H groups in total. The minimum absolute atomic E-state index is 0.0253. The number of nitrogens with one attached hydrogen (secondary N) is 1. The monoisotopic (exact) mass is 435 g/mol. The van der Waals surface area contributed by atoms with Crippen molar-refractivity contribution in [2.24, 2.45) is 0 Å². The van der Waals surface area contributed by atoms with Gasteiger partial charge in [0.25, 0.3) is 5.91 Å². The maximum atomic E-state index is 12.5. The Morgan fingerprint density at radius 2 is 1.64 bits per heavy atom. The van der Waals surface area contributed by atoms with Crippen molar-refractivity contribution in [2.45, 2.75) is 0 Å². The van der Waals surface area contributed by atoms with E-state index in [2.05, 4.69) is 31.4 Å². The molecular weight excluding hydrogens is 422 g/mol. The van der Waals surface area contributed by atoms with Crippen LogP contribution in [0.1, 0.15) is 10.4 Å². The Morgan fingerprint density at radius 1 is 0.893 bits per heavy atom. The zero-order valence-electron chi connectivity index (χ0n) is 14.5. The van der Waals surface area contributed by atoms with E-state index in [4.69, 9.17) is 9.15 Å². The van der Waals surface area contributed by atoms with Gasteiger partial charge in [0.15, 0.2) is 0 Å². The molecular formula is C21H14BrN3O3. The molecule has 4 rings (SSSR count). The molecule has 0 atom stereocenters. The zero-order chi connectivity index (χ0) is 19.3. The fourth-order valence-corrected chi connectivity index (χ4v) is 2.74. The molecule has 28 heavy (non-hydrogen) atoms. The van der Waals surface area contributed by atoms with E-state index in [-0.39, 0.29) is 11.9 Å². The van der Waals surface area contributed by atoms with Gasteiger partial charge in [-0.3, -0.25) is 10.1 Å². The number of hydrogen-bond acceptors (Lipinski definition) is 5. The Bertz CT molecular complexity index is 1100. The van der Waals surface area contributed by atoms with Gasteiger partial charge >= 0.3 is 6.01 Å². The number of anilines is 1. The Balaban J connectivity index is 1.47. The summed E-state index contributed by atoms with van der Waals surface area (Å²) >= 11 is 3.37. The van der Waals surface area contributed by atoms with E-state index in [9.17, 15) is 4.79 Å². The molecule has 0 bridgehead atoms. The first-order valence-corrected chi connectivity index (χ1v) is 9.20. The van der Waals surface area contributed by atoms with Gasteiger partial charge in [-0.2, -0.15) is 0 Å². The van der Waals surface area contributed by atoms with Gasteiger partial charge in [0.1, 0.15) is 11.5 Å². The molecule has 7 heteroatoms. The van der Waals surface area contributed by atoms with Gasteiger partial charge in [-0.25, -0.2) is 0 Å². The minimum Gasteiger partial charge on any atom is -0.457 e. The summed E-state index contributed by atoms with van der Waals surface area (Å²) in [7, 11) is 0. The van der Waals surface area contributed by atoms with Crippen LogP contribution in [0.4, 0.5) is 6.01 Å². The molecule has 0 radical (unpaired) electrons. The molecule has 0 aliphatic carbocycles. The van der Waals surface area contributed by atoms with E-state index in [1.807, 2.05) is 54.6 Å². The van der Waals surface area contributed by atoms with Crippen molar-refractivity contribution in [1.82, 2.24) is 10.2 Å². The first-order chi connectivity index (χ1) is 13.7. The molecule has 3 aromatic carbocycles. The average molecular weight is 436 g/mol. The predicted octanol–water partition coefficient (Wildman–Crippen LogP) is 5.54. The second-order valence-electron chi connectivity index (χ2n) is 5.82. The molecule has 0 spiro atoms. The summed E-state index contributed by atoms with van der Waals surface area (Å²) in [6.07, 6.45) is 0. The van der Waals surface area contributed by atoms with Crippen LogP contribution in [-0.2, 0) is 0 Å². The molecule has 0 aliphatic rings. The van der Waals surface area contributed by atoms with Gasteiger partial charge < -0.3 is 9.15 Å². The van der Waals surface area contributed by atoms with Crippen LogP contribution in [0.2, 0.25) is 0 Å². The summed E-state index contributed by atoms with van der Waals surface area (Å²) in [4.78, 5) is 12.5. The highest BCUT2D eigenvalue weighted by Gasteiger charge is 2.13. The first kappa shape index (κ1) is 17.9. The highest BCUT2D eigenvalue weighted by molar-refractivity contribution is 9.10. The fourth-order valence-electron chi connectivity index (χ4n) is 2.48. The molecule has 138 valence electrons. The molecule has 0 saturated heterocycles. The van der Waals surface area contributed by atoms with E-state index in [1.165, 1.54) is 0 Å². The van der Waals surface area contributed by atoms with Crippen LogP contribution in [0.5, 0.6) is 11.5 Å². The number of carbonyl (C=O) groups is 1. The molecule has 0 aliphatic heterocycles. The summed E-state index contributed by atoms with van der Waals surface area (Å²) in [5.41, 5.74) is 1.17. The van der Waals surface area contributed by atoms with Crippen LogP contribution in [0.25, 0.3) is 11.5 Å². The maximum Gasteiger partial charge on any atom is 0.322 e. The number of amides is 1. The SMILES string of the molecule is O=C(Nc1nnc(-c2ccc(Br)cc2)o1)c1cccc(Oc2ccccc2)c1. The van der Waals surface area contributed by atoms with Gasteiger partial charge in [-0.15, -0.1) is 5.10 Å². The van der Waals surface area contributed by atoms with E-state index >= 15 is 0 Å². The third-order valence-electron chi connectivity index (χ3n) is 3.81. The van der Waals surface area contributed by atoms with Crippen molar-refractivity contribution in [2.75, 3.05) is 5.32 Å². The first-order valence-electron chi connectivity index (χ1n) is 8.41. The van der Waals surface area contributed by atoms with Gasteiger partial charge in [0.05, 0.1) is 0 Å². The third-order valence-corrected chi connectivity index (χ3v) is 4.34. The molecule has 1 heterocycles. The molecule has 0 unspecified atom stereocenters. The van der Waals surface area contributed by atoms with Crippen LogP contribution in [0.3, 0.4) is 0 Å². The molecule has 1 aromatic heterocycles. The standard InChI is InChI=1S/C21H14BrN3O3/c22-16-11-9-14(10-12-16)20-24-25-21(28-20)23-19(26)15-5-4-8-18(13-15)27-17-6-2-1-3-7-17/h1-13H,(H,23,25,26). The van der Waals surface area contributed by atoms with Gasteiger partial charge in [0, 0.05) is 15.6 Å². The predicted molar refractivity (Wildman–Crippen MR) is 108 cm³/mol. The van der Waals surface area contributed by atoms with Gasteiger partial charge in [-0.05, 0) is 54.6 Å². The van der Waals surface area contributed by atoms with E-state index in [0.717, 1.165) is 10.0 Å². The Labute approximate surface area is 169 Å². The fraction of sp³-hybridized carbons (Fsp3) is 0. The second-order valence-corrected chi connectivity index (χ2v) is 6.73. The second kappa shape index (κ2) is 8.06. The smallest absolute Gasteiger partial charge is 0.322 e. The third kappa shape index (κ3) is 4.27. The Kier molecular flexibility index (Phi) is 5.16. The van der Waals surface area contributed by atoms with E-state index < -0.39 is 0 Å². The van der Waals surface area contributed by atoms with Crippen molar-refractivity contribution in [1.29, 1.82) is 0 Å². The number of nitrogens with zero attached hydrogens (tertiary/aromatic N) is 2. The number of para-hydroxylation sites is 1. The lowest BCUT2D eigenvalue weighted by Gasteiger charge is -2.07. The van der Waals surface area contributed by atoms with Crippen LogP contribution in [0, 0.1) is 0 Å². The number of carbonyl (C=O) groups excluding carboxylic acids is 1. The highest BCUT2D eigenvalue weighted by Crippen LogP contribution is 2.24. The van der Waals surface area contributed by atoms with E-state index in [0.29, 0.717) is 23.0 Å². The van der Waals surface area contributed by atoms with Crippen LogP contribution < -0.4 is 10.1 Å². The summed E-state index contributed by atoms with van der Waals surface area (Å²) in [6, 6.07) is 23.6. The average Bonchev–Trinajstić information content (AvgIpc) is 3.18. The lowest BCUT2D eigenvalue weighted by Crippen LogP contribution is -2.12. The molecule has 4 aromatic rings. The number of rotatable bonds is 5. The summed E-state index contributed by atoms with van der Waals surface area (Å²) in [5.74, 6) is 1.20. The van der Waals surface area contributed by atoms with Crippen molar-refractivity contribution in [3.63, 3.8) is 0 Å². The van der Waals surface area contributed by atoms with E-state index in [1.54, 1.807) is 24.3 Å². The van der Waals surface area contributed by atoms with Crippen LogP contribution in [0.15, 0.2) is 87.8 Å². The van der Waals surface area contributed by atoms with Crippen molar-refractivity contribution < 1.29 is 13.9 Å². The minimum atomic E-state index is -0.371. The number of hydrogen-bond donors (Lipinski definition) is 1. The van der Waals surface area contributed by atoms with Crippen molar-refractivity contribution >= 4 is 27.9 Å². The molecule has 6 nitrogen and oxygen atoms in total. The van der Waals surface area contributed by atoms with Crippen LogP contribution in [-0.4, -0.2) is 16.1 Å². The molecule has 1 amide bonds. The van der Waals surface area contributed by atoms with Gasteiger partial charge in [-0.1, -0.05) is 45.3 Å². The summed E-state index contributed by atoms with van der Waals surface area (Å²) in [5, 5.41) is 10.5. The largest absolute Gasteiger partial charge is 0.457 e. The Hall–Kier alpha value is -3.45. The topological polar surface area (TPSA) is 77.3 Å². The number of ether oxygens (including phenoxy) is 1. The number of benzene rings is 3. The van der Waals surface area contributed by atoms with Crippen LogP contribution >= 0.6 is 15.9 Å². The van der Waals surface area contributed by atoms with Crippen molar-refractivity contribution in [3.05, 3.63) is 88.9 Å². The lowest BCUT2D eigenvalue weighted by molar-refractivity contribution is 0.102. The maximum absolute atomic E-state index is 12.5. The molecule has 0 saturated carbocycles. The lowest BCUT2D eigenvalue weighted by atomic mass is 10.2. The highest BCUT2D eigenvalue weighted by atomic mass is 79.9. The molecule has 0 fully saturated rings. The number of aromatic nitrogens is 2. The van der Waals surface area contributed by atoms with Gasteiger partial charge in [0.2, 0.25) is 5.89 Å². The number of halogens is 1. The zero-order valence-corrected chi connectivity index (χ0v) is 16.1. The summed E-state index contributed by atoms with van der Waals surface area (Å²) in [6.45, 7) is 0. The Morgan fingerprint density at radius 3 is 2.43 bits per heavy atom. The quantitative estimate of drug-likeness (QED) is 0.444. The summed E-state index contributed by atoms with van der Waals surface area (Å²) < 4.78 is 12.2.